The van der Waals surface area contributed by atoms with Gasteiger partial charge in [0, 0.05) is 18.2 Å². The molecule has 2 aromatic carbocycles. The molecule has 1 unspecified atom stereocenters. The number of phenolic OH excluding ortho intramolecular Hbond substituents is 1. The van der Waals surface area contributed by atoms with Crippen LogP contribution in [0.1, 0.15) is 24.1 Å². The summed E-state index contributed by atoms with van der Waals surface area (Å²) in [6, 6.07) is 13.8. The first kappa shape index (κ1) is 16.2. The van der Waals surface area contributed by atoms with E-state index in [-0.39, 0.29) is 17.5 Å². The van der Waals surface area contributed by atoms with Crippen molar-refractivity contribution in [1.29, 1.82) is 0 Å². The van der Waals surface area contributed by atoms with E-state index in [0.29, 0.717) is 12.1 Å². The molecule has 0 fully saturated rings. The second-order valence-corrected chi connectivity index (χ2v) is 5.17. The zero-order valence-electron chi connectivity index (χ0n) is 12.5. The number of ether oxygens (including phenoxy) is 1. The minimum absolute atomic E-state index is 0.0201. The van der Waals surface area contributed by atoms with Crippen LogP contribution in [0.3, 0.4) is 0 Å². The van der Waals surface area contributed by atoms with Crippen LogP contribution in [-0.4, -0.2) is 23.7 Å². The Hall–Kier alpha value is -2.14. The topological polar surface area (TPSA) is 32.7 Å². The zero-order chi connectivity index (χ0) is 16.1. The molecular weight excluding hydrogens is 288 g/mol. The van der Waals surface area contributed by atoms with E-state index in [0.717, 1.165) is 5.56 Å². The molecule has 0 saturated heterocycles. The average molecular weight is 307 g/mol. The van der Waals surface area contributed by atoms with Gasteiger partial charge in [-0.15, -0.1) is 0 Å². The van der Waals surface area contributed by atoms with E-state index in [4.69, 9.17) is 0 Å². The average Bonchev–Trinajstić information content (AvgIpc) is 2.48. The van der Waals surface area contributed by atoms with E-state index >= 15 is 0 Å². The highest BCUT2D eigenvalue weighted by atomic mass is 19.3. The lowest BCUT2D eigenvalue weighted by atomic mass is 10.1. The maximum absolute atomic E-state index is 12.4. The molecule has 2 aromatic rings. The zero-order valence-corrected chi connectivity index (χ0v) is 12.5. The summed E-state index contributed by atoms with van der Waals surface area (Å²) >= 11 is 0. The Labute approximate surface area is 128 Å². The lowest BCUT2D eigenvalue weighted by molar-refractivity contribution is -0.0508. The van der Waals surface area contributed by atoms with Gasteiger partial charge in [0.2, 0.25) is 0 Å². The molecule has 1 N–H and O–H groups in total. The van der Waals surface area contributed by atoms with Crippen molar-refractivity contribution in [2.75, 3.05) is 7.05 Å². The number of alkyl halides is 2. The first-order chi connectivity index (χ1) is 10.5. The van der Waals surface area contributed by atoms with Gasteiger partial charge < -0.3 is 9.84 Å². The number of benzene rings is 2. The summed E-state index contributed by atoms with van der Waals surface area (Å²) in [6.45, 7) is -0.389. The van der Waals surface area contributed by atoms with Crippen molar-refractivity contribution >= 4 is 0 Å². The monoisotopic (exact) mass is 307 g/mol. The summed E-state index contributed by atoms with van der Waals surface area (Å²) in [5, 5.41) is 9.55. The summed E-state index contributed by atoms with van der Waals surface area (Å²) in [5.74, 6) is 0.395. The highest BCUT2D eigenvalue weighted by molar-refractivity contribution is 5.34. The molecule has 0 saturated carbocycles. The van der Waals surface area contributed by atoms with Crippen molar-refractivity contribution in [3.05, 3.63) is 59.7 Å². The number of aromatic hydroxyl groups is 1. The number of halogens is 2. The molecule has 0 amide bonds. The Bertz CT molecular complexity index is 619. The molecule has 1 atom stereocenters. The third-order valence-corrected chi connectivity index (χ3v) is 3.62. The van der Waals surface area contributed by atoms with Crippen LogP contribution in [0.15, 0.2) is 48.5 Å². The van der Waals surface area contributed by atoms with Crippen LogP contribution in [0.2, 0.25) is 0 Å². The molecule has 0 bridgehead atoms. The second kappa shape index (κ2) is 7.22. The number of nitrogens with zero attached hydrogens (tertiary/aromatic N) is 1. The molecule has 0 spiro atoms. The fourth-order valence-corrected chi connectivity index (χ4v) is 2.29. The van der Waals surface area contributed by atoms with Crippen molar-refractivity contribution in [3.8, 4) is 11.5 Å². The predicted octanol–water partition coefficient (Wildman–Crippen LogP) is 4.19. The minimum Gasteiger partial charge on any atom is -0.508 e. The quantitative estimate of drug-likeness (QED) is 0.868. The summed E-state index contributed by atoms with van der Waals surface area (Å²) in [7, 11) is 1.90. The van der Waals surface area contributed by atoms with E-state index in [1.807, 2.05) is 24.9 Å². The predicted molar refractivity (Wildman–Crippen MR) is 81.1 cm³/mol. The summed E-state index contributed by atoms with van der Waals surface area (Å²) in [5.41, 5.74) is 1.65. The van der Waals surface area contributed by atoms with E-state index in [9.17, 15) is 13.9 Å². The van der Waals surface area contributed by atoms with Gasteiger partial charge in [0.1, 0.15) is 11.5 Å². The van der Waals surface area contributed by atoms with Gasteiger partial charge in [-0.05, 0) is 37.7 Å². The Morgan fingerprint density at radius 3 is 2.55 bits per heavy atom. The molecule has 118 valence electrons. The van der Waals surface area contributed by atoms with Gasteiger partial charge in [0.25, 0.3) is 0 Å². The standard InChI is InChI=1S/C17H19F2NO2/c1-12(13-7-5-8-15(21)10-13)20(2)11-14-6-3-4-9-16(14)22-17(18)19/h3-10,12,17,21H,11H2,1-2H3. The van der Waals surface area contributed by atoms with Gasteiger partial charge in [-0.25, -0.2) is 0 Å². The largest absolute Gasteiger partial charge is 0.508 e. The molecule has 0 aliphatic rings. The van der Waals surface area contributed by atoms with Crippen molar-refractivity contribution in [2.24, 2.45) is 0 Å². The molecule has 0 aliphatic carbocycles. The SMILES string of the molecule is CC(c1cccc(O)c1)N(C)Cc1ccccc1OC(F)F. The van der Waals surface area contributed by atoms with Gasteiger partial charge in [0.15, 0.2) is 0 Å². The maximum Gasteiger partial charge on any atom is 0.387 e. The number of phenols is 1. The molecule has 2 rings (SSSR count). The molecule has 0 heterocycles. The van der Waals surface area contributed by atoms with E-state index in [1.54, 1.807) is 36.4 Å². The normalized spacial score (nSPS) is 12.6. The third kappa shape index (κ3) is 4.18. The number of hydrogen-bond acceptors (Lipinski definition) is 3. The van der Waals surface area contributed by atoms with Crippen LogP contribution >= 0.6 is 0 Å². The third-order valence-electron chi connectivity index (χ3n) is 3.62. The number of para-hydroxylation sites is 1. The molecule has 0 aromatic heterocycles. The smallest absolute Gasteiger partial charge is 0.387 e. The van der Waals surface area contributed by atoms with Crippen LogP contribution in [0.25, 0.3) is 0 Å². The second-order valence-electron chi connectivity index (χ2n) is 5.17. The van der Waals surface area contributed by atoms with Gasteiger partial charge >= 0.3 is 6.61 Å². The molecular formula is C17H19F2NO2. The van der Waals surface area contributed by atoms with Crippen LogP contribution in [0.5, 0.6) is 11.5 Å². The van der Waals surface area contributed by atoms with Crippen LogP contribution in [0, 0.1) is 0 Å². The minimum atomic E-state index is -2.84. The Morgan fingerprint density at radius 1 is 1.14 bits per heavy atom. The van der Waals surface area contributed by atoms with Gasteiger partial charge in [0.05, 0.1) is 0 Å². The van der Waals surface area contributed by atoms with Crippen molar-refractivity contribution < 1.29 is 18.6 Å². The number of rotatable bonds is 6. The molecule has 0 radical (unpaired) electrons. The van der Waals surface area contributed by atoms with Crippen molar-refractivity contribution in [3.63, 3.8) is 0 Å². The summed E-state index contributed by atoms with van der Waals surface area (Å²) in [4.78, 5) is 2.00. The first-order valence-corrected chi connectivity index (χ1v) is 6.99. The fraction of sp³-hybridized carbons (Fsp3) is 0.294. The van der Waals surface area contributed by atoms with Gasteiger partial charge in [-0.1, -0.05) is 30.3 Å². The Kier molecular flexibility index (Phi) is 5.33. The van der Waals surface area contributed by atoms with E-state index < -0.39 is 6.61 Å². The van der Waals surface area contributed by atoms with Crippen molar-refractivity contribution in [1.82, 2.24) is 4.90 Å². The van der Waals surface area contributed by atoms with Crippen LogP contribution in [-0.2, 0) is 6.54 Å². The maximum atomic E-state index is 12.4. The lowest BCUT2D eigenvalue weighted by Gasteiger charge is -2.26. The molecule has 3 nitrogen and oxygen atoms in total. The van der Waals surface area contributed by atoms with E-state index in [1.165, 1.54) is 6.07 Å². The molecule has 0 aliphatic heterocycles. The van der Waals surface area contributed by atoms with E-state index in [2.05, 4.69) is 4.74 Å². The first-order valence-electron chi connectivity index (χ1n) is 6.99. The van der Waals surface area contributed by atoms with Crippen molar-refractivity contribution in [2.45, 2.75) is 26.1 Å². The van der Waals surface area contributed by atoms with Gasteiger partial charge in [-0.3, -0.25) is 4.90 Å². The fourth-order valence-electron chi connectivity index (χ4n) is 2.29. The Balaban J connectivity index is 2.13. The molecule has 22 heavy (non-hydrogen) atoms. The highest BCUT2D eigenvalue weighted by Gasteiger charge is 2.15. The van der Waals surface area contributed by atoms with Crippen LogP contribution < -0.4 is 4.74 Å². The summed E-state index contributed by atoms with van der Waals surface area (Å²) < 4.78 is 29.4. The highest BCUT2D eigenvalue weighted by Crippen LogP contribution is 2.27. The molecule has 5 heteroatoms. The summed E-state index contributed by atoms with van der Waals surface area (Å²) in [6.07, 6.45) is 0. The van der Waals surface area contributed by atoms with Crippen LogP contribution in [0.4, 0.5) is 8.78 Å². The lowest BCUT2D eigenvalue weighted by Crippen LogP contribution is -2.22. The van der Waals surface area contributed by atoms with Gasteiger partial charge in [-0.2, -0.15) is 8.78 Å². The number of hydrogen-bond donors (Lipinski definition) is 1. The Morgan fingerprint density at radius 2 is 1.86 bits per heavy atom.